The van der Waals surface area contributed by atoms with Crippen molar-refractivity contribution in [3.63, 3.8) is 0 Å². The lowest BCUT2D eigenvalue weighted by molar-refractivity contribution is -0.131. The lowest BCUT2D eigenvalue weighted by Gasteiger charge is -1.73. The van der Waals surface area contributed by atoms with E-state index >= 15 is 0 Å². The fraction of sp³-hybridized carbons (Fsp3) is 0.400. The molecule has 0 fully saturated rings. The van der Waals surface area contributed by atoms with Crippen molar-refractivity contribution in [1.29, 1.82) is 0 Å². The van der Waals surface area contributed by atoms with E-state index in [1.165, 1.54) is 6.08 Å². The molecule has 40 valence electrons. The molecular formula is C5H8O2. The molecule has 0 aliphatic carbocycles. The van der Waals surface area contributed by atoms with E-state index in [0.29, 0.717) is 6.42 Å². The van der Waals surface area contributed by atoms with Crippen LogP contribution in [0.1, 0.15) is 14.7 Å². The molecule has 0 bridgehead atoms. The highest BCUT2D eigenvalue weighted by atomic mass is 16.4. The van der Waals surface area contributed by atoms with Gasteiger partial charge in [-0.2, -0.15) is 0 Å². The zero-order chi connectivity index (χ0) is 6.41. The summed E-state index contributed by atoms with van der Waals surface area (Å²) in [7, 11) is 0. The molecule has 0 aliphatic rings. The van der Waals surface area contributed by atoms with Gasteiger partial charge in [-0.1, -0.05) is 13.0 Å². The van der Waals surface area contributed by atoms with Crippen molar-refractivity contribution in [3.05, 3.63) is 12.2 Å². The third-order valence-corrected chi connectivity index (χ3v) is 0.427. The Morgan fingerprint density at radius 1 is 2.14 bits per heavy atom. The number of hydrogen-bond donors (Lipinski definition) is 1. The first-order chi connectivity index (χ1) is 3.77. The zero-order valence-corrected chi connectivity index (χ0v) is 3.92. The van der Waals surface area contributed by atoms with Gasteiger partial charge in [0, 0.05) is 7.45 Å². The molecule has 0 aromatic carbocycles. The maximum atomic E-state index is 9.73. The molecule has 2 heteroatoms. The van der Waals surface area contributed by atoms with Gasteiger partial charge in [0.25, 0.3) is 0 Å². The third kappa shape index (κ3) is 5.21. The molecule has 0 amide bonds. The Labute approximate surface area is 43.9 Å². The highest BCUT2D eigenvalue weighted by molar-refractivity contribution is 5.79. The standard InChI is InChI=1S/C5H8O2/c1-2-3-4-5(6)7/h3-4H,2H2,1H3,(H,6,7)/i1T. The first kappa shape index (κ1) is 4.37. The quantitative estimate of drug-likeness (QED) is 0.529. The van der Waals surface area contributed by atoms with E-state index in [-0.39, 0.29) is 6.90 Å². The van der Waals surface area contributed by atoms with Crippen LogP contribution < -0.4 is 0 Å². The lowest BCUT2D eigenvalue weighted by Crippen LogP contribution is -1.84. The second-order valence-electron chi connectivity index (χ2n) is 1.03. The minimum atomic E-state index is -0.946. The van der Waals surface area contributed by atoms with Gasteiger partial charge in [0.15, 0.2) is 0 Å². The smallest absolute Gasteiger partial charge is 0.327 e. The van der Waals surface area contributed by atoms with Gasteiger partial charge < -0.3 is 5.11 Å². The summed E-state index contributed by atoms with van der Waals surface area (Å²) in [5.41, 5.74) is 0. The lowest BCUT2D eigenvalue weighted by atomic mass is 10.4. The summed E-state index contributed by atoms with van der Waals surface area (Å²) in [5.74, 6) is -0.946. The van der Waals surface area contributed by atoms with Gasteiger partial charge in [-0.05, 0) is 6.42 Å². The summed E-state index contributed by atoms with van der Waals surface area (Å²) in [6.45, 7) is 0.254. The molecule has 0 heterocycles. The number of carboxylic acids is 1. The molecule has 0 unspecified atom stereocenters. The number of hydrogen-bond acceptors (Lipinski definition) is 1. The monoisotopic (exact) mass is 102 g/mol. The first-order valence-corrected chi connectivity index (χ1v) is 1.96. The van der Waals surface area contributed by atoms with Crippen LogP contribution in [0.5, 0.6) is 0 Å². The Balaban J connectivity index is 3.20. The molecule has 0 radical (unpaired) electrons. The topological polar surface area (TPSA) is 37.3 Å². The number of rotatable bonds is 2. The maximum absolute atomic E-state index is 9.73. The Morgan fingerprint density at radius 2 is 2.86 bits per heavy atom. The van der Waals surface area contributed by atoms with Crippen LogP contribution in [0.4, 0.5) is 0 Å². The minimum absolute atomic E-state index is 0.254. The third-order valence-electron chi connectivity index (χ3n) is 0.427. The van der Waals surface area contributed by atoms with Crippen LogP contribution in [0, 0.1) is 0 Å². The van der Waals surface area contributed by atoms with Crippen LogP contribution in [0.15, 0.2) is 12.2 Å². The molecule has 1 N–H and O–H groups in total. The van der Waals surface area contributed by atoms with Crippen molar-refractivity contribution in [1.82, 2.24) is 0 Å². The summed E-state index contributed by atoms with van der Waals surface area (Å²) < 4.78 is 6.60. The van der Waals surface area contributed by atoms with Gasteiger partial charge in [0.1, 0.15) is 0 Å². The van der Waals surface area contributed by atoms with Crippen LogP contribution in [0.2, 0.25) is 0 Å². The van der Waals surface area contributed by atoms with Gasteiger partial charge in [0.2, 0.25) is 0 Å². The van der Waals surface area contributed by atoms with Crippen molar-refractivity contribution in [3.8, 4) is 0 Å². The van der Waals surface area contributed by atoms with E-state index in [0.717, 1.165) is 6.08 Å². The Kier molecular flexibility index (Phi) is 2.12. The van der Waals surface area contributed by atoms with Crippen LogP contribution in [-0.4, -0.2) is 11.1 Å². The second kappa shape index (κ2) is 3.40. The van der Waals surface area contributed by atoms with E-state index in [2.05, 4.69) is 0 Å². The average Bonchev–Trinajstić information content (AvgIpc) is 1.66. The van der Waals surface area contributed by atoms with Crippen LogP contribution in [0.25, 0.3) is 0 Å². The SMILES string of the molecule is [3H]CCC=CC(=O)O. The van der Waals surface area contributed by atoms with Gasteiger partial charge in [-0.3, -0.25) is 0 Å². The fourth-order valence-corrected chi connectivity index (χ4v) is 0.184. The molecule has 7 heavy (non-hydrogen) atoms. The summed E-state index contributed by atoms with van der Waals surface area (Å²) >= 11 is 0. The van der Waals surface area contributed by atoms with E-state index in [9.17, 15) is 4.79 Å². The predicted octanol–water partition coefficient (Wildman–Crippen LogP) is 1.04. The van der Waals surface area contributed by atoms with Crippen molar-refractivity contribution in [2.24, 2.45) is 0 Å². The van der Waals surface area contributed by atoms with Gasteiger partial charge >= 0.3 is 5.97 Å². The Bertz CT molecular complexity index is 98.6. The summed E-state index contributed by atoms with van der Waals surface area (Å²) in [6.07, 6.45) is 3.04. The highest BCUT2D eigenvalue weighted by Crippen LogP contribution is 1.76. The molecule has 0 atom stereocenters. The summed E-state index contributed by atoms with van der Waals surface area (Å²) in [6, 6.07) is 0. The molecule has 0 aromatic rings. The Hall–Kier alpha value is -0.790. The molecule has 0 aromatic heterocycles. The molecule has 2 nitrogen and oxygen atoms in total. The number of allylic oxidation sites excluding steroid dienone is 1. The molecule has 0 spiro atoms. The normalized spacial score (nSPS) is 11.7. The van der Waals surface area contributed by atoms with E-state index in [4.69, 9.17) is 6.48 Å². The largest absolute Gasteiger partial charge is 0.478 e. The van der Waals surface area contributed by atoms with Crippen LogP contribution in [0.3, 0.4) is 0 Å². The van der Waals surface area contributed by atoms with Crippen LogP contribution >= 0.6 is 0 Å². The van der Waals surface area contributed by atoms with Crippen molar-refractivity contribution < 1.29 is 11.3 Å². The summed E-state index contributed by atoms with van der Waals surface area (Å²) in [5, 5.41) is 7.99. The maximum Gasteiger partial charge on any atom is 0.327 e. The number of carbonyl (C=O) groups is 1. The molecular weight excluding hydrogens is 92.1 g/mol. The van der Waals surface area contributed by atoms with Gasteiger partial charge in [0.05, 0.1) is 0 Å². The fourth-order valence-electron chi connectivity index (χ4n) is 0.184. The minimum Gasteiger partial charge on any atom is -0.478 e. The number of aliphatic carboxylic acids is 1. The second-order valence-corrected chi connectivity index (χ2v) is 1.03. The predicted molar refractivity (Wildman–Crippen MR) is 27.1 cm³/mol. The number of carboxylic acid groups (broad SMARTS) is 1. The van der Waals surface area contributed by atoms with Gasteiger partial charge in [-0.15, -0.1) is 0 Å². The van der Waals surface area contributed by atoms with Crippen molar-refractivity contribution in [2.45, 2.75) is 13.3 Å². The highest BCUT2D eigenvalue weighted by Gasteiger charge is 1.79. The van der Waals surface area contributed by atoms with E-state index < -0.39 is 5.97 Å². The van der Waals surface area contributed by atoms with E-state index in [1.54, 1.807) is 0 Å². The average molecular weight is 102 g/mol. The molecule has 0 saturated carbocycles. The zero-order valence-electron chi connectivity index (χ0n) is 4.92. The Morgan fingerprint density at radius 3 is 3.29 bits per heavy atom. The van der Waals surface area contributed by atoms with Crippen molar-refractivity contribution in [2.75, 3.05) is 0 Å². The van der Waals surface area contributed by atoms with Crippen LogP contribution in [-0.2, 0) is 4.79 Å². The van der Waals surface area contributed by atoms with Gasteiger partial charge in [-0.25, -0.2) is 4.79 Å². The molecule has 0 rings (SSSR count). The molecule has 0 saturated heterocycles. The van der Waals surface area contributed by atoms with E-state index in [1.807, 2.05) is 0 Å². The first-order valence-electron chi connectivity index (χ1n) is 2.67. The molecule has 0 aliphatic heterocycles. The summed E-state index contributed by atoms with van der Waals surface area (Å²) in [4.78, 5) is 9.73. The van der Waals surface area contributed by atoms with Crippen molar-refractivity contribution >= 4 is 5.97 Å².